The Labute approximate surface area is 90.9 Å². The van der Waals surface area contributed by atoms with E-state index in [1.165, 1.54) is 11.1 Å². The van der Waals surface area contributed by atoms with E-state index in [2.05, 4.69) is 60.7 Å². The summed E-state index contributed by atoms with van der Waals surface area (Å²) in [6, 6.07) is 20.9. The fourth-order valence-corrected chi connectivity index (χ4v) is 1.51. The molecule has 0 amide bonds. The first-order valence-electron chi connectivity index (χ1n) is 5.21. The van der Waals surface area contributed by atoms with Crippen LogP contribution < -0.4 is 0 Å². The minimum absolute atomic E-state index is 0.996. The summed E-state index contributed by atoms with van der Waals surface area (Å²) in [6.07, 6.45) is 5.35. The van der Waals surface area contributed by atoms with Gasteiger partial charge in [-0.1, -0.05) is 72.8 Å². The van der Waals surface area contributed by atoms with Crippen LogP contribution in [0.3, 0.4) is 0 Å². The Morgan fingerprint density at radius 2 is 1.33 bits per heavy atom. The van der Waals surface area contributed by atoms with E-state index in [4.69, 9.17) is 0 Å². The second kappa shape index (κ2) is 5.16. The zero-order valence-corrected chi connectivity index (χ0v) is 8.64. The summed E-state index contributed by atoms with van der Waals surface area (Å²) in [4.78, 5) is 0. The molecule has 2 rings (SSSR count). The third kappa shape index (κ3) is 3.10. The molecule has 2 aromatic carbocycles. The molecule has 0 heteroatoms. The van der Waals surface area contributed by atoms with Gasteiger partial charge in [0.05, 0.1) is 0 Å². The SMILES string of the molecule is C(=C/c1ccccc1)/Cc1ccccc1. The summed E-state index contributed by atoms with van der Waals surface area (Å²) in [7, 11) is 0. The van der Waals surface area contributed by atoms with Gasteiger partial charge >= 0.3 is 0 Å². The Kier molecular flexibility index (Phi) is 3.34. The molecule has 0 aliphatic heterocycles. The van der Waals surface area contributed by atoms with Gasteiger partial charge < -0.3 is 0 Å². The van der Waals surface area contributed by atoms with Crippen LogP contribution in [0.25, 0.3) is 6.08 Å². The molecule has 0 atom stereocenters. The first-order valence-corrected chi connectivity index (χ1v) is 5.21. The van der Waals surface area contributed by atoms with Crippen molar-refractivity contribution in [2.24, 2.45) is 0 Å². The highest BCUT2D eigenvalue weighted by molar-refractivity contribution is 5.49. The van der Waals surface area contributed by atoms with Gasteiger partial charge in [-0.25, -0.2) is 0 Å². The molecule has 0 saturated carbocycles. The largest absolute Gasteiger partial charge is 0.0795 e. The highest BCUT2D eigenvalue weighted by Gasteiger charge is 1.86. The van der Waals surface area contributed by atoms with Crippen molar-refractivity contribution in [3.8, 4) is 0 Å². The fourth-order valence-electron chi connectivity index (χ4n) is 1.51. The van der Waals surface area contributed by atoms with Crippen LogP contribution in [0.2, 0.25) is 0 Å². The van der Waals surface area contributed by atoms with Crippen LogP contribution in [0.5, 0.6) is 0 Å². The van der Waals surface area contributed by atoms with Gasteiger partial charge in [0.25, 0.3) is 0 Å². The maximum Gasteiger partial charge on any atom is -0.00941 e. The van der Waals surface area contributed by atoms with Crippen LogP contribution in [0, 0.1) is 0 Å². The number of benzene rings is 2. The molecule has 0 saturated heterocycles. The van der Waals surface area contributed by atoms with Crippen molar-refractivity contribution in [2.75, 3.05) is 0 Å². The molecule has 0 N–H and O–H groups in total. The smallest absolute Gasteiger partial charge is 0.00941 e. The van der Waals surface area contributed by atoms with E-state index >= 15 is 0 Å². The first-order chi connectivity index (χ1) is 7.45. The first kappa shape index (κ1) is 9.72. The predicted molar refractivity (Wildman–Crippen MR) is 65.6 cm³/mol. The van der Waals surface area contributed by atoms with Gasteiger partial charge in [-0.15, -0.1) is 0 Å². The van der Waals surface area contributed by atoms with Crippen molar-refractivity contribution in [1.29, 1.82) is 0 Å². The number of allylic oxidation sites excluding steroid dienone is 1. The Balaban J connectivity index is 1.97. The molecule has 0 aromatic heterocycles. The van der Waals surface area contributed by atoms with E-state index in [1.807, 2.05) is 12.1 Å². The van der Waals surface area contributed by atoms with Crippen molar-refractivity contribution in [1.82, 2.24) is 0 Å². The summed E-state index contributed by atoms with van der Waals surface area (Å²) in [5.41, 5.74) is 2.61. The molecule has 74 valence electrons. The molecule has 15 heavy (non-hydrogen) atoms. The normalized spacial score (nSPS) is 10.7. The van der Waals surface area contributed by atoms with E-state index in [-0.39, 0.29) is 0 Å². The number of hydrogen-bond donors (Lipinski definition) is 0. The van der Waals surface area contributed by atoms with E-state index in [0.29, 0.717) is 0 Å². The molecule has 0 spiro atoms. The minimum atomic E-state index is 0.996. The third-order valence-corrected chi connectivity index (χ3v) is 2.31. The van der Waals surface area contributed by atoms with Gasteiger partial charge in [-0.05, 0) is 17.5 Å². The molecular weight excluding hydrogens is 180 g/mol. The Bertz CT molecular complexity index is 412. The van der Waals surface area contributed by atoms with Crippen LogP contribution >= 0.6 is 0 Å². The minimum Gasteiger partial charge on any atom is -0.0795 e. The second-order valence-corrected chi connectivity index (χ2v) is 3.50. The van der Waals surface area contributed by atoms with Crippen LogP contribution in [0.4, 0.5) is 0 Å². The number of hydrogen-bond acceptors (Lipinski definition) is 0. The van der Waals surface area contributed by atoms with E-state index in [9.17, 15) is 0 Å². The average molecular weight is 194 g/mol. The maximum atomic E-state index is 2.20. The fraction of sp³-hybridized carbons (Fsp3) is 0.0667. The predicted octanol–water partition coefficient (Wildman–Crippen LogP) is 3.94. The lowest BCUT2D eigenvalue weighted by Gasteiger charge is -1.94. The molecule has 0 bridgehead atoms. The van der Waals surface area contributed by atoms with Crippen LogP contribution in [-0.4, -0.2) is 0 Å². The average Bonchev–Trinajstić information content (AvgIpc) is 2.32. The summed E-state index contributed by atoms with van der Waals surface area (Å²) >= 11 is 0. The van der Waals surface area contributed by atoms with Gasteiger partial charge in [-0.2, -0.15) is 0 Å². The van der Waals surface area contributed by atoms with Gasteiger partial charge in [0.15, 0.2) is 0 Å². The number of rotatable bonds is 3. The Morgan fingerprint density at radius 3 is 2.00 bits per heavy atom. The lowest BCUT2D eigenvalue weighted by atomic mass is 10.1. The van der Waals surface area contributed by atoms with Gasteiger partial charge in [0.2, 0.25) is 0 Å². The molecule has 0 fully saturated rings. The lowest BCUT2D eigenvalue weighted by molar-refractivity contribution is 1.28. The molecule has 0 unspecified atom stereocenters. The lowest BCUT2D eigenvalue weighted by Crippen LogP contribution is -1.78. The summed E-state index contributed by atoms with van der Waals surface area (Å²) in [5, 5.41) is 0. The van der Waals surface area contributed by atoms with Crippen molar-refractivity contribution in [3.63, 3.8) is 0 Å². The molecule has 0 nitrogen and oxygen atoms in total. The van der Waals surface area contributed by atoms with Crippen LogP contribution in [0.1, 0.15) is 11.1 Å². The summed E-state index contributed by atoms with van der Waals surface area (Å²) < 4.78 is 0. The third-order valence-electron chi connectivity index (χ3n) is 2.31. The molecular formula is C15H14. The highest BCUT2D eigenvalue weighted by atomic mass is 13.9. The molecule has 0 heterocycles. The van der Waals surface area contributed by atoms with Gasteiger partial charge in [-0.3, -0.25) is 0 Å². The highest BCUT2D eigenvalue weighted by Crippen LogP contribution is 2.04. The van der Waals surface area contributed by atoms with Crippen molar-refractivity contribution >= 4 is 6.08 Å². The molecule has 0 radical (unpaired) electrons. The van der Waals surface area contributed by atoms with Crippen molar-refractivity contribution < 1.29 is 0 Å². The second-order valence-electron chi connectivity index (χ2n) is 3.50. The zero-order valence-electron chi connectivity index (χ0n) is 8.64. The Hall–Kier alpha value is -1.82. The molecule has 2 aromatic rings. The van der Waals surface area contributed by atoms with Gasteiger partial charge in [0, 0.05) is 0 Å². The Morgan fingerprint density at radius 1 is 0.733 bits per heavy atom. The summed E-state index contributed by atoms with van der Waals surface area (Å²) in [6.45, 7) is 0. The maximum absolute atomic E-state index is 2.20. The summed E-state index contributed by atoms with van der Waals surface area (Å²) in [5.74, 6) is 0. The quantitative estimate of drug-likeness (QED) is 0.694. The van der Waals surface area contributed by atoms with Crippen molar-refractivity contribution in [2.45, 2.75) is 6.42 Å². The van der Waals surface area contributed by atoms with E-state index in [0.717, 1.165) is 6.42 Å². The van der Waals surface area contributed by atoms with E-state index in [1.54, 1.807) is 0 Å². The molecule has 0 aliphatic rings. The standard InChI is InChI=1S/C15H14/c1-3-8-14(9-4-1)12-7-13-15-10-5-2-6-11-15/h1-12H,13H2/b12-7-. The van der Waals surface area contributed by atoms with E-state index < -0.39 is 0 Å². The zero-order chi connectivity index (χ0) is 10.3. The topological polar surface area (TPSA) is 0 Å². The van der Waals surface area contributed by atoms with Crippen LogP contribution in [-0.2, 0) is 6.42 Å². The van der Waals surface area contributed by atoms with Crippen molar-refractivity contribution in [3.05, 3.63) is 77.9 Å². The monoisotopic (exact) mass is 194 g/mol. The van der Waals surface area contributed by atoms with Gasteiger partial charge in [0.1, 0.15) is 0 Å². The van der Waals surface area contributed by atoms with Crippen LogP contribution in [0.15, 0.2) is 66.7 Å². The molecule has 0 aliphatic carbocycles.